The number of phenolic OH excluding ortho intramolecular Hbond substituents is 1. The molecule has 5 nitrogen and oxygen atoms in total. The molecule has 0 bridgehead atoms. The van der Waals surface area contributed by atoms with Gasteiger partial charge in [0.25, 0.3) is 5.91 Å². The number of rotatable bonds is 4. The van der Waals surface area contributed by atoms with Gasteiger partial charge >= 0.3 is 0 Å². The molecule has 1 unspecified atom stereocenters. The highest BCUT2D eigenvalue weighted by Gasteiger charge is 2.60. The predicted octanol–water partition coefficient (Wildman–Crippen LogP) is 4.36. The summed E-state index contributed by atoms with van der Waals surface area (Å²) in [5.41, 5.74) is 2.09. The molecule has 0 spiro atoms. The molecule has 3 fully saturated rings. The van der Waals surface area contributed by atoms with Gasteiger partial charge in [0.2, 0.25) is 0 Å². The summed E-state index contributed by atoms with van der Waals surface area (Å²) < 4.78 is 0. The second-order valence-electron chi connectivity index (χ2n) is 8.65. The lowest BCUT2D eigenvalue weighted by molar-refractivity contribution is -0.134. The number of phenols is 1. The summed E-state index contributed by atoms with van der Waals surface area (Å²) in [5, 5.41) is 21.7. The van der Waals surface area contributed by atoms with Crippen molar-refractivity contribution in [2.75, 3.05) is 0 Å². The average molecular weight is 389 g/mol. The normalized spacial score (nSPS) is 25.3. The van der Waals surface area contributed by atoms with Crippen LogP contribution < -0.4 is 5.32 Å². The van der Waals surface area contributed by atoms with Gasteiger partial charge in [0.1, 0.15) is 11.3 Å². The quantitative estimate of drug-likeness (QED) is 0.727. The van der Waals surface area contributed by atoms with Crippen LogP contribution in [0.15, 0.2) is 48.5 Å². The fourth-order valence-corrected chi connectivity index (χ4v) is 5.12. The minimum atomic E-state index is -0.800. The van der Waals surface area contributed by atoms with Crippen LogP contribution in [0.2, 0.25) is 0 Å². The molecule has 5 heteroatoms. The molecule has 0 aromatic heterocycles. The minimum absolute atomic E-state index is 0.0574. The van der Waals surface area contributed by atoms with E-state index < -0.39 is 5.54 Å². The zero-order chi connectivity index (χ0) is 20.0. The first-order valence-corrected chi connectivity index (χ1v) is 10.7. The van der Waals surface area contributed by atoms with Gasteiger partial charge in [-0.3, -0.25) is 15.1 Å². The van der Waals surface area contributed by atoms with E-state index in [0.29, 0.717) is 0 Å². The number of hydrogen-bond acceptors (Lipinski definition) is 3. The first kappa shape index (κ1) is 18.2. The first-order chi connectivity index (χ1) is 14.1. The summed E-state index contributed by atoms with van der Waals surface area (Å²) in [6.07, 6.45) is 7.51. The first-order valence-electron chi connectivity index (χ1n) is 10.7. The Labute approximate surface area is 171 Å². The molecule has 2 saturated carbocycles. The summed E-state index contributed by atoms with van der Waals surface area (Å²) in [6.45, 7) is 0. The van der Waals surface area contributed by atoms with Crippen molar-refractivity contribution in [1.29, 1.82) is 5.41 Å². The van der Waals surface area contributed by atoms with Gasteiger partial charge in [-0.25, -0.2) is 0 Å². The van der Waals surface area contributed by atoms with E-state index in [4.69, 9.17) is 5.41 Å². The fraction of sp³-hybridized carbons (Fsp3) is 0.417. The molecule has 2 aliphatic carbocycles. The molecule has 150 valence electrons. The molecule has 1 aliphatic heterocycles. The molecule has 1 heterocycles. The number of aromatic hydroxyl groups is 1. The van der Waals surface area contributed by atoms with Crippen LogP contribution in [0.3, 0.4) is 0 Å². The summed E-state index contributed by atoms with van der Waals surface area (Å²) in [7, 11) is 0. The van der Waals surface area contributed by atoms with Crippen LogP contribution in [0.25, 0.3) is 11.1 Å². The molecular formula is C24H27N3O2. The Balaban J connectivity index is 1.49. The molecule has 3 aliphatic rings. The van der Waals surface area contributed by atoms with E-state index in [9.17, 15) is 9.90 Å². The number of hydrogen-bond donors (Lipinski definition) is 3. The van der Waals surface area contributed by atoms with E-state index in [1.165, 1.54) is 6.42 Å². The van der Waals surface area contributed by atoms with Crippen molar-refractivity contribution in [3.8, 4) is 16.9 Å². The molecule has 1 saturated heterocycles. The number of benzene rings is 2. The molecular weight excluding hydrogens is 362 g/mol. The van der Waals surface area contributed by atoms with Crippen LogP contribution in [0, 0.1) is 11.3 Å². The van der Waals surface area contributed by atoms with Crippen molar-refractivity contribution in [1.82, 2.24) is 10.2 Å². The maximum absolute atomic E-state index is 13.7. The maximum Gasteiger partial charge on any atom is 0.260 e. The number of carbonyl (C=O) groups excluding carboxylic acids is 1. The highest BCUT2D eigenvalue weighted by atomic mass is 16.3. The van der Waals surface area contributed by atoms with Gasteiger partial charge in [0, 0.05) is 6.04 Å². The second-order valence-corrected chi connectivity index (χ2v) is 8.65. The fourth-order valence-electron chi connectivity index (χ4n) is 5.12. The highest BCUT2D eigenvalue weighted by Crippen LogP contribution is 2.50. The Hall–Kier alpha value is -2.82. The zero-order valence-corrected chi connectivity index (χ0v) is 16.5. The van der Waals surface area contributed by atoms with Crippen molar-refractivity contribution in [2.24, 2.45) is 5.92 Å². The average Bonchev–Trinajstić information content (AvgIpc) is 3.55. The van der Waals surface area contributed by atoms with Crippen molar-refractivity contribution >= 4 is 11.9 Å². The Morgan fingerprint density at radius 3 is 2.34 bits per heavy atom. The third kappa shape index (κ3) is 3.00. The van der Waals surface area contributed by atoms with Crippen LogP contribution in [0.4, 0.5) is 0 Å². The lowest BCUT2D eigenvalue weighted by Gasteiger charge is -2.32. The van der Waals surface area contributed by atoms with E-state index in [-0.39, 0.29) is 29.6 Å². The van der Waals surface area contributed by atoms with Gasteiger partial charge in [0.15, 0.2) is 5.96 Å². The predicted molar refractivity (Wildman–Crippen MR) is 113 cm³/mol. The van der Waals surface area contributed by atoms with Gasteiger partial charge in [-0.05, 0) is 60.4 Å². The Kier molecular flexibility index (Phi) is 4.34. The molecule has 29 heavy (non-hydrogen) atoms. The van der Waals surface area contributed by atoms with Gasteiger partial charge in [-0.2, -0.15) is 0 Å². The molecule has 3 N–H and O–H groups in total. The topological polar surface area (TPSA) is 76.4 Å². The lowest BCUT2D eigenvalue weighted by atomic mass is 9.83. The molecule has 2 aromatic carbocycles. The minimum Gasteiger partial charge on any atom is -0.508 e. The van der Waals surface area contributed by atoms with Crippen LogP contribution in [0.5, 0.6) is 5.75 Å². The molecule has 2 aromatic rings. The second kappa shape index (κ2) is 6.90. The standard InChI is InChI=1S/C24H27N3O2/c25-23-26-24(19-13-14-19,22(29)27(23)20-6-2-1-3-7-20)18-11-9-16(10-12-18)17-5-4-8-21(28)15-17/h4-5,8-12,15,19-20,28H,1-3,6-7,13-14H2,(H2,25,26). The summed E-state index contributed by atoms with van der Waals surface area (Å²) in [4.78, 5) is 15.5. The van der Waals surface area contributed by atoms with E-state index in [1.54, 1.807) is 17.0 Å². The van der Waals surface area contributed by atoms with Gasteiger partial charge in [0.05, 0.1) is 0 Å². The lowest BCUT2D eigenvalue weighted by Crippen LogP contribution is -2.47. The smallest absolute Gasteiger partial charge is 0.260 e. The third-order valence-corrected chi connectivity index (χ3v) is 6.76. The van der Waals surface area contributed by atoms with E-state index in [2.05, 4.69) is 5.32 Å². The molecule has 1 atom stereocenters. The van der Waals surface area contributed by atoms with Crippen molar-refractivity contribution in [3.05, 3.63) is 54.1 Å². The molecule has 5 rings (SSSR count). The summed E-state index contributed by atoms with van der Waals surface area (Å²) in [6, 6.07) is 15.4. The molecule has 1 amide bonds. The molecule has 0 radical (unpaired) electrons. The van der Waals surface area contributed by atoms with Gasteiger partial charge < -0.3 is 10.4 Å². The van der Waals surface area contributed by atoms with E-state index in [1.807, 2.05) is 36.4 Å². The van der Waals surface area contributed by atoms with Crippen molar-refractivity contribution in [2.45, 2.75) is 56.5 Å². The van der Waals surface area contributed by atoms with Crippen molar-refractivity contribution in [3.63, 3.8) is 0 Å². The van der Waals surface area contributed by atoms with Crippen molar-refractivity contribution < 1.29 is 9.90 Å². The Morgan fingerprint density at radius 2 is 1.69 bits per heavy atom. The number of nitrogens with zero attached hydrogens (tertiary/aromatic N) is 1. The van der Waals surface area contributed by atoms with Crippen LogP contribution >= 0.6 is 0 Å². The van der Waals surface area contributed by atoms with E-state index >= 15 is 0 Å². The van der Waals surface area contributed by atoms with E-state index in [0.717, 1.165) is 55.2 Å². The summed E-state index contributed by atoms with van der Waals surface area (Å²) >= 11 is 0. The summed E-state index contributed by atoms with van der Waals surface area (Å²) in [5.74, 6) is 0.814. The van der Waals surface area contributed by atoms with Gasteiger partial charge in [-0.15, -0.1) is 0 Å². The Morgan fingerprint density at radius 1 is 0.966 bits per heavy atom. The Bertz CT molecular complexity index is 945. The van der Waals surface area contributed by atoms with Crippen LogP contribution in [-0.2, 0) is 10.3 Å². The van der Waals surface area contributed by atoms with Crippen LogP contribution in [0.1, 0.15) is 50.5 Å². The number of nitrogens with one attached hydrogen (secondary N) is 2. The number of carbonyl (C=O) groups is 1. The number of guanidine groups is 1. The monoisotopic (exact) mass is 389 g/mol. The highest BCUT2D eigenvalue weighted by molar-refractivity contribution is 6.09. The SMILES string of the molecule is N=C1NC(c2ccc(-c3cccc(O)c3)cc2)(C2CC2)C(=O)N1C1CCCCC1. The maximum atomic E-state index is 13.7. The largest absolute Gasteiger partial charge is 0.508 e. The zero-order valence-electron chi connectivity index (χ0n) is 16.5. The number of amides is 1. The van der Waals surface area contributed by atoms with Gasteiger partial charge in [-0.1, -0.05) is 55.7 Å². The van der Waals surface area contributed by atoms with Crippen LogP contribution in [-0.4, -0.2) is 27.9 Å². The third-order valence-electron chi connectivity index (χ3n) is 6.76.